The van der Waals surface area contributed by atoms with Gasteiger partial charge in [-0.15, -0.1) is 17.2 Å². The predicted octanol–water partition coefficient (Wildman–Crippen LogP) is 4.64. The molecule has 0 bridgehead atoms. The Balaban J connectivity index is 0.00000161. The Bertz CT molecular complexity index is 642. The molecule has 0 saturated heterocycles. The van der Waals surface area contributed by atoms with E-state index in [2.05, 4.69) is 61.5 Å². The van der Waals surface area contributed by atoms with Gasteiger partial charge in [-0.05, 0) is 5.92 Å². The van der Waals surface area contributed by atoms with Crippen molar-refractivity contribution in [1.29, 1.82) is 0 Å². The molecule has 107 valence electrons. The van der Waals surface area contributed by atoms with Crippen molar-refractivity contribution in [3.8, 4) is 0 Å². The van der Waals surface area contributed by atoms with E-state index < -0.39 is 0 Å². The van der Waals surface area contributed by atoms with Crippen LogP contribution in [-0.4, -0.2) is 0 Å². The number of hydrogen-bond donors (Lipinski definition) is 0. The van der Waals surface area contributed by atoms with Crippen LogP contribution in [0.5, 0.6) is 0 Å². The number of hydrogen-bond acceptors (Lipinski definition) is 0. The zero-order valence-corrected chi connectivity index (χ0v) is 21.5. The Hall–Kier alpha value is 0.842. The third-order valence-corrected chi connectivity index (χ3v) is 3.44. The van der Waals surface area contributed by atoms with Crippen LogP contribution in [0, 0.1) is 19.1 Å². The van der Waals surface area contributed by atoms with Gasteiger partial charge < -0.3 is 0 Å². The normalized spacial score (nSPS) is 9.26. The van der Waals surface area contributed by atoms with Crippen molar-refractivity contribution in [2.45, 2.75) is 5.92 Å². The maximum Gasteiger partial charge on any atom is 0 e. The molecule has 0 aromatic heterocycles. The largest absolute Gasteiger partial charge is 0.199 e. The van der Waals surface area contributed by atoms with Gasteiger partial charge in [0.1, 0.15) is 0 Å². The molecular formula is C20H15Y3-3. The molecule has 0 spiro atoms. The summed E-state index contributed by atoms with van der Waals surface area (Å²) in [6, 6.07) is 30.9. The molecule has 0 heterocycles. The first kappa shape index (κ1) is 23.8. The SMILES string of the molecule is [CH2-]c1cccc(C(c2cc[c-]cc2)c2cc[c-]cc2)c1.[Y].[Y].[Y]. The summed E-state index contributed by atoms with van der Waals surface area (Å²) >= 11 is 0. The second-order valence-corrected chi connectivity index (χ2v) is 4.84. The molecule has 3 aromatic rings. The molecular weight excluding hydrogens is 507 g/mol. The minimum Gasteiger partial charge on any atom is -0.199 e. The minimum absolute atomic E-state index is 0. The summed E-state index contributed by atoms with van der Waals surface area (Å²) in [6.45, 7) is 4.04. The molecule has 3 rings (SSSR count). The van der Waals surface area contributed by atoms with Crippen LogP contribution in [0.2, 0.25) is 0 Å². The summed E-state index contributed by atoms with van der Waals surface area (Å²) in [5.74, 6) is 0.223. The maximum atomic E-state index is 4.04. The Morgan fingerprint density at radius 2 is 1.13 bits per heavy atom. The molecule has 0 nitrogen and oxygen atoms in total. The second kappa shape index (κ2) is 12.2. The summed E-state index contributed by atoms with van der Waals surface area (Å²) in [4.78, 5) is 0. The Kier molecular flexibility index (Phi) is 12.7. The Morgan fingerprint density at radius 1 is 0.652 bits per heavy atom. The van der Waals surface area contributed by atoms with Gasteiger partial charge in [0, 0.05) is 98.1 Å². The minimum atomic E-state index is 0. The van der Waals surface area contributed by atoms with Crippen molar-refractivity contribution < 1.29 is 98.1 Å². The Morgan fingerprint density at radius 3 is 1.57 bits per heavy atom. The van der Waals surface area contributed by atoms with Crippen LogP contribution < -0.4 is 0 Å². The quantitative estimate of drug-likeness (QED) is 0.348. The fourth-order valence-corrected chi connectivity index (χ4v) is 2.53. The van der Waals surface area contributed by atoms with E-state index in [1.54, 1.807) is 0 Å². The van der Waals surface area contributed by atoms with Crippen molar-refractivity contribution in [3.63, 3.8) is 0 Å². The average Bonchev–Trinajstić information content (AvgIpc) is 2.50. The summed E-state index contributed by atoms with van der Waals surface area (Å²) in [5.41, 5.74) is 4.83. The molecule has 0 atom stereocenters. The van der Waals surface area contributed by atoms with Gasteiger partial charge in [-0.25, -0.2) is 0 Å². The van der Waals surface area contributed by atoms with Gasteiger partial charge in [0.25, 0.3) is 0 Å². The average molecular weight is 522 g/mol. The third-order valence-electron chi connectivity index (χ3n) is 3.44. The molecule has 0 aliphatic carbocycles. The summed E-state index contributed by atoms with van der Waals surface area (Å²) in [7, 11) is 0. The molecule has 0 saturated carbocycles. The van der Waals surface area contributed by atoms with Crippen LogP contribution in [0.15, 0.2) is 72.8 Å². The Labute approximate surface area is 214 Å². The summed E-state index contributed by atoms with van der Waals surface area (Å²) in [6.07, 6.45) is 0. The van der Waals surface area contributed by atoms with Crippen LogP contribution in [0.4, 0.5) is 0 Å². The fourth-order valence-electron chi connectivity index (χ4n) is 2.53. The van der Waals surface area contributed by atoms with Gasteiger partial charge >= 0.3 is 0 Å². The van der Waals surface area contributed by atoms with E-state index in [0.717, 1.165) is 5.56 Å². The molecule has 0 N–H and O–H groups in total. The third kappa shape index (κ3) is 6.58. The summed E-state index contributed by atoms with van der Waals surface area (Å²) < 4.78 is 0. The van der Waals surface area contributed by atoms with E-state index >= 15 is 0 Å². The van der Waals surface area contributed by atoms with Crippen LogP contribution in [0.1, 0.15) is 28.2 Å². The van der Waals surface area contributed by atoms with Crippen molar-refractivity contribution in [2.24, 2.45) is 0 Å². The fraction of sp³-hybridized carbons (Fsp3) is 0.0500. The van der Waals surface area contributed by atoms with E-state index in [0.29, 0.717) is 0 Å². The molecule has 0 amide bonds. The predicted molar refractivity (Wildman–Crippen MR) is 82.4 cm³/mol. The van der Waals surface area contributed by atoms with E-state index in [-0.39, 0.29) is 104 Å². The first-order chi connectivity index (χ1) is 9.84. The smallest absolute Gasteiger partial charge is 0 e. The van der Waals surface area contributed by atoms with Gasteiger partial charge in [-0.1, -0.05) is 11.6 Å². The van der Waals surface area contributed by atoms with E-state index in [4.69, 9.17) is 0 Å². The standard InChI is InChI=1S/C20H15.3Y/c1-16-9-8-14-19(15-16)20(17-10-4-2-5-11-17)18-12-6-3-7-13-18;;;/h4-15,20H,1H2;;;/q-3;;;. The monoisotopic (exact) mass is 522 g/mol. The van der Waals surface area contributed by atoms with Crippen LogP contribution in [0.25, 0.3) is 0 Å². The zero-order chi connectivity index (χ0) is 13.8. The first-order valence-electron chi connectivity index (χ1n) is 6.68. The van der Waals surface area contributed by atoms with Gasteiger partial charge in [0.2, 0.25) is 0 Å². The van der Waals surface area contributed by atoms with Crippen molar-refractivity contribution in [1.82, 2.24) is 0 Å². The zero-order valence-electron chi connectivity index (χ0n) is 12.9. The van der Waals surface area contributed by atoms with Gasteiger partial charge in [0.15, 0.2) is 0 Å². The van der Waals surface area contributed by atoms with Crippen LogP contribution in [-0.2, 0) is 98.1 Å². The van der Waals surface area contributed by atoms with Gasteiger partial charge in [0.05, 0.1) is 0 Å². The van der Waals surface area contributed by atoms with E-state index in [9.17, 15) is 0 Å². The molecule has 3 aromatic carbocycles. The molecule has 3 heteroatoms. The maximum absolute atomic E-state index is 4.04. The molecule has 3 radical (unpaired) electrons. The molecule has 0 fully saturated rings. The van der Waals surface area contributed by atoms with Crippen molar-refractivity contribution in [3.05, 3.63) is 114 Å². The molecule has 0 unspecified atom stereocenters. The van der Waals surface area contributed by atoms with Crippen LogP contribution in [0.3, 0.4) is 0 Å². The van der Waals surface area contributed by atoms with Crippen LogP contribution >= 0.6 is 0 Å². The molecule has 23 heavy (non-hydrogen) atoms. The molecule has 0 aliphatic heterocycles. The van der Waals surface area contributed by atoms with Gasteiger partial charge in [-0.3, -0.25) is 0 Å². The first-order valence-corrected chi connectivity index (χ1v) is 6.68. The summed E-state index contributed by atoms with van der Waals surface area (Å²) in [5, 5.41) is 0. The molecule has 0 aliphatic rings. The van der Waals surface area contributed by atoms with Crippen molar-refractivity contribution in [2.75, 3.05) is 0 Å². The van der Waals surface area contributed by atoms with Gasteiger partial charge in [-0.2, -0.15) is 85.3 Å². The second-order valence-electron chi connectivity index (χ2n) is 4.84. The number of rotatable bonds is 3. The topological polar surface area (TPSA) is 0 Å². The van der Waals surface area contributed by atoms with E-state index in [1.807, 2.05) is 30.3 Å². The number of benzene rings is 3. The van der Waals surface area contributed by atoms with Crippen molar-refractivity contribution >= 4 is 0 Å². The van der Waals surface area contributed by atoms with E-state index in [1.165, 1.54) is 16.7 Å².